The van der Waals surface area contributed by atoms with Crippen LogP contribution >= 0.6 is 11.6 Å². The van der Waals surface area contributed by atoms with E-state index in [1.165, 1.54) is 7.11 Å². The second kappa shape index (κ2) is 3.41. The lowest BCUT2D eigenvalue weighted by Gasteiger charge is -2.26. The number of ether oxygens (including phenoxy) is 2. The van der Waals surface area contributed by atoms with Crippen molar-refractivity contribution in [3.8, 4) is 0 Å². The Hall–Kier alpha value is -0.610. The number of esters is 1. The minimum atomic E-state index is -1.60. The number of carbonyl (C=O) groups excluding carboxylic acids is 2. The molecule has 68 valence electrons. The van der Waals surface area contributed by atoms with Gasteiger partial charge in [-0.05, 0) is 0 Å². The van der Waals surface area contributed by atoms with Crippen LogP contribution in [-0.4, -0.2) is 37.0 Å². The van der Waals surface area contributed by atoms with E-state index in [-0.39, 0.29) is 18.8 Å². The second-order valence-electron chi connectivity index (χ2n) is 2.52. The van der Waals surface area contributed by atoms with Crippen LogP contribution in [0.15, 0.2) is 0 Å². The predicted molar refractivity (Wildman–Crippen MR) is 41.0 cm³/mol. The molecular formula is C7H9ClO4. The highest BCUT2D eigenvalue weighted by Crippen LogP contribution is 2.24. The lowest BCUT2D eigenvalue weighted by atomic mass is 10.00. The third-order valence-corrected chi connectivity index (χ3v) is 2.20. The van der Waals surface area contributed by atoms with Gasteiger partial charge in [0.2, 0.25) is 4.87 Å². The molecule has 1 aliphatic rings. The molecule has 5 heteroatoms. The predicted octanol–water partition coefficient (Wildman–Crippen LogP) is 0.126. The van der Waals surface area contributed by atoms with Crippen molar-refractivity contribution in [2.45, 2.75) is 11.3 Å². The lowest BCUT2D eigenvalue weighted by molar-refractivity contribution is -0.152. The summed E-state index contributed by atoms with van der Waals surface area (Å²) in [6, 6.07) is 0. The first-order valence-electron chi connectivity index (χ1n) is 3.49. The van der Waals surface area contributed by atoms with Gasteiger partial charge >= 0.3 is 5.97 Å². The Bertz CT molecular complexity index is 205. The van der Waals surface area contributed by atoms with Crippen LogP contribution in [0.4, 0.5) is 0 Å². The number of ketones is 1. The monoisotopic (exact) mass is 192 g/mol. The molecular weight excluding hydrogens is 184 g/mol. The highest BCUT2D eigenvalue weighted by molar-refractivity contribution is 6.46. The Morgan fingerprint density at radius 1 is 1.75 bits per heavy atom. The maximum absolute atomic E-state index is 11.2. The van der Waals surface area contributed by atoms with Crippen LogP contribution in [0.25, 0.3) is 0 Å². The summed E-state index contributed by atoms with van der Waals surface area (Å²) in [4.78, 5) is 20.6. The third-order valence-electron chi connectivity index (χ3n) is 1.73. The van der Waals surface area contributed by atoms with E-state index in [1.54, 1.807) is 0 Å². The van der Waals surface area contributed by atoms with Crippen molar-refractivity contribution in [1.29, 1.82) is 0 Å². The highest BCUT2D eigenvalue weighted by Gasteiger charge is 2.47. The Labute approximate surface area is 74.8 Å². The molecule has 0 amide bonds. The summed E-state index contributed by atoms with van der Waals surface area (Å²) in [5.41, 5.74) is 0. The quantitative estimate of drug-likeness (QED) is 0.337. The minimum absolute atomic E-state index is 0.0972. The normalized spacial score (nSPS) is 30.0. The molecule has 4 nitrogen and oxygen atoms in total. The van der Waals surface area contributed by atoms with Gasteiger partial charge in [-0.1, -0.05) is 11.6 Å². The number of Topliss-reactive ketones (excluding diaryl/α,β-unsaturated/α-hetero) is 1. The molecule has 1 saturated heterocycles. The van der Waals surface area contributed by atoms with Gasteiger partial charge in [-0.2, -0.15) is 0 Å². The topological polar surface area (TPSA) is 52.6 Å². The summed E-state index contributed by atoms with van der Waals surface area (Å²) in [5, 5.41) is 0. The van der Waals surface area contributed by atoms with Crippen molar-refractivity contribution >= 4 is 23.4 Å². The molecule has 0 saturated carbocycles. The number of rotatable bonds is 1. The summed E-state index contributed by atoms with van der Waals surface area (Å²) in [5.74, 6) is -1.07. The zero-order chi connectivity index (χ0) is 9.19. The summed E-state index contributed by atoms with van der Waals surface area (Å²) >= 11 is 5.73. The van der Waals surface area contributed by atoms with E-state index >= 15 is 0 Å². The van der Waals surface area contributed by atoms with Crippen molar-refractivity contribution in [2.24, 2.45) is 0 Å². The summed E-state index contributed by atoms with van der Waals surface area (Å²) in [7, 11) is 1.19. The number of carbonyl (C=O) groups is 2. The van der Waals surface area contributed by atoms with Gasteiger partial charge in [-0.15, -0.1) is 0 Å². The molecule has 0 bridgehead atoms. The Balaban J connectivity index is 2.79. The van der Waals surface area contributed by atoms with Crippen molar-refractivity contribution < 1.29 is 19.1 Å². The van der Waals surface area contributed by atoms with E-state index in [0.29, 0.717) is 6.61 Å². The SMILES string of the molecule is COC(=O)[C@@]1(Cl)COCCC1=O. The van der Waals surface area contributed by atoms with Gasteiger partial charge in [-0.3, -0.25) is 4.79 Å². The van der Waals surface area contributed by atoms with Gasteiger partial charge in [0.05, 0.1) is 20.3 Å². The van der Waals surface area contributed by atoms with Gasteiger partial charge in [0.1, 0.15) is 0 Å². The van der Waals surface area contributed by atoms with Crippen LogP contribution in [0.1, 0.15) is 6.42 Å². The van der Waals surface area contributed by atoms with Crippen molar-refractivity contribution in [3.63, 3.8) is 0 Å². The number of halogens is 1. The summed E-state index contributed by atoms with van der Waals surface area (Å²) < 4.78 is 9.32. The molecule has 0 spiro atoms. The van der Waals surface area contributed by atoms with Crippen LogP contribution in [0, 0.1) is 0 Å². The molecule has 12 heavy (non-hydrogen) atoms. The number of alkyl halides is 1. The standard InChI is InChI=1S/C7H9ClO4/c1-11-6(10)7(8)4-12-3-2-5(7)9/h2-4H2,1H3/t7-/m1/s1. The van der Waals surface area contributed by atoms with Gasteiger partial charge in [0.25, 0.3) is 0 Å². The molecule has 1 heterocycles. The fourth-order valence-electron chi connectivity index (χ4n) is 0.991. The maximum Gasteiger partial charge on any atom is 0.337 e. The summed E-state index contributed by atoms with van der Waals surface area (Å²) in [6.45, 7) is 0.227. The zero-order valence-corrected chi connectivity index (χ0v) is 7.39. The van der Waals surface area contributed by atoms with E-state index in [1.807, 2.05) is 0 Å². The largest absolute Gasteiger partial charge is 0.467 e. The van der Waals surface area contributed by atoms with Crippen LogP contribution in [0.2, 0.25) is 0 Å². The van der Waals surface area contributed by atoms with E-state index in [0.717, 1.165) is 0 Å². The molecule has 0 aromatic carbocycles. The fraction of sp³-hybridized carbons (Fsp3) is 0.714. The Kier molecular flexibility index (Phi) is 2.69. The first-order chi connectivity index (χ1) is 5.61. The molecule has 0 N–H and O–H groups in total. The molecule has 1 rings (SSSR count). The van der Waals surface area contributed by atoms with E-state index in [9.17, 15) is 9.59 Å². The van der Waals surface area contributed by atoms with Gasteiger partial charge in [0.15, 0.2) is 5.78 Å². The van der Waals surface area contributed by atoms with Gasteiger partial charge in [0, 0.05) is 6.42 Å². The van der Waals surface area contributed by atoms with Crippen molar-refractivity contribution in [2.75, 3.05) is 20.3 Å². The average Bonchev–Trinajstić information content (AvgIpc) is 2.09. The molecule has 1 fully saturated rings. The number of methoxy groups -OCH3 is 1. The molecule has 0 unspecified atom stereocenters. The zero-order valence-electron chi connectivity index (χ0n) is 6.63. The first kappa shape index (κ1) is 9.48. The van der Waals surface area contributed by atoms with Crippen LogP contribution in [0.3, 0.4) is 0 Å². The van der Waals surface area contributed by atoms with Gasteiger partial charge < -0.3 is 9.47 Å². The average molecular weight is 193 g/mol. The Morgan fingerprint density at radius 3 is 2.92 bits per heavy atom. The number of hydrogen-bond acceptors (Lipinski definition) is 4. The lowest BCUT2D eigenvalue weighted by Crippen LogP contribution is -2.49. The Morgan fingerprint density at radius 2 is 2.42 bits per heavy atom. The van der Waals surface area contributed by atoms with E-state index in [2.05, 4.69) is 4.74 Å². The second-order valence-corrected chi connectivity index (χ2v) is 3.16. The third kappa shape index (κ3) is 1.44. The van der Waals surface area contributed by atoms with E-state index in [4.69, 9.17) is 16.3 Å². The molecule has 1 atom stereocenters. The van der Waals surface area contributed by atoms with Gasteiger partial charge in [-0.25, -0.2) is 4.79 Å². The minimum Gasteiger partial charge on any atom is -0.467 e. The number of hydrogen-bond donors (Lipinski definition) is 0. The molecule has 0 aliphatic carbocycles. The summed E-state index contributed by atoms with van der Waals surface area (Å²) in [6.07, 6.45) is 0.165. The smallest absolute Gasteiger partial charge is 0.337 e. The molecule has 0 aromatic heterocycles. The molecule has 0 aromatic rings. The van der Waals surface area contributed by atoms with Crippen LogP contribution in [0.5, 0.6) is 0 Å². The van der Waals surface area contributed by atoms with E-state index < -0.39 is 10.8 Å². The maximum atomic E-state index is 11.2. The van der Waals surface area contributed by atoms with Crippen molar-refractivity contribution in [1.82, 2.24) is 0 Å². The van der Waals surface area contributed by atoms with Crippen LogP contribution in [-0.2, 0) is 19.1 Å². The first-order valence-corrected chi connectivity index (χ1v) is 3.87. The van der Waals surface area contributed by atoms with Crippen molar-refractivity contribution in [3.05, 3.63) is 0 Å². The fourth-order valence-corrected chi connectivity index (χ4v) is 1.24. The highest BCUT2D eigenvalue weighted by atomic mass is 35.5. The molecule has 0 radical (unpaired) electrons. The van der Waals surface area contributed by atoms with Crippen LogP contribution < -0.4 is 0 Å². The molecule has 1 aliphatic heterocycles.